The van der Waals surface area contributed by atoms with Crippen LogP contribution in [0.25, 0.3) is 0 Å². The Bertz CT molecular complexity index is 432. The summed E-state index contributed by atoms with van der Waals surface area (Å²) in [7, 11) is 0. The third kappa shape index (κ3) is 8.63. The summed E-state index contributed by atoms with van der Waals surface area (Å²) in [5, 5.41) is 28.6. The van der Waals surface area contributed by atoms with Crippen LogP contribution in [0.1, 0.15) is 77.6 Å². The van der Waals surface area contributed by atoms with Gasteiger partial charge in [0, 0.05) is 24.7 Å². The molecule has 144 valence electrons. The molecule has 5 nitrogen and oxygen atoms in total. The van der Waals surface area contributed by atoms with Gasteiger partial charge in [0.1, 0.15) is 5.78 Å². The standard InChI is InChI=1S/C20H34O5/c1-2-3-9-15(21)10-8-12-17-16(18(22)14-19(17)23)11-6-4-5-7-13-20(24)25/h8,12,15-17,19,21,23H,2-7,9-11,13-14H2,1H3,(H,24,25)/t15?,16-,17-,19-/m1/s1. The first kappa shape index (κ1) is 21.8. The van der Waals surface area contributed by atoms with Crippen LogP contribution in [0, 0.1) is 11.8 Å². The third-order valence-electron chi connectivity index (χ3n) is 5.05. The van der Waals surface area contributed by atoms with Crippen molar-refractivity contribution in [2.24, 2.45) is 11.8 Å². The Morgan fingerprint density at radius 3 is 2.64 bits per heavy atom. The summed E-state index contributed by atoms with van der Waals surface area (Å²) in [4.78, 5) is 22.6. The Morgan fingerprint density at radius 2 is 1.96 bits per heavy atom. The SMILES string of the molecule is CCCCC(O)CC=C[C@H]1[C@H](O)CC(=O)[C@@H]1CCCCCCC(=O)O. The maximum absolute atomic E-state index is 12.1. The van der Waals surface area contributed by atoms with Gasteiger partial charge in [0.25, 0.3) is 0 Å². The molecule has 0 aromatic heterocycles. The van der Waals surface area contributed by atoms with Crippen molar-refractivity contribution in [2.75, 3.05) is 0 Å². The molecule has 1 aliphatic rings. The van der Waals surface area contributed by atoms with Gasteiger partial charge in [-0.15, -0.1) is 0 Å². The number of carbonyl (C=O) groups excluding carboxylic acids is 1. The van der Waals surface area contributed by atoms with Crippen LogP contribution in [0.5, 0.6) is 0 Å². The summed E-state index contributed by atoms with van der Waals surface area (Å²) in [6.07, 6.45) is 10.8. The number of rotatable bonds is 13. The van der Waals surface area contributed by atoms with Crippen LogP contribution in [0.3, 0.4) is 0 Å². The average molecular weight is 354 g/mol. The first-order chi connectivity index (χ1) is 12.0. The number of ketones is 1. The van der Waals surface area contributed by atoms with Crippen LogP contribution >= 0.6 is 0 Å². The molecule has 1 unspecified atom stereocenters. The van der Waals surface area contributed by atoms with E-state index in [2.05, 4.69) is 6.92 Å². The van der Waals surface area contributed by atoms with Crippen molar-refractivity contribution in [1.82, 2.24) is 0 Å². The van der Waals surface area contributed by atoms with Gasteiger partial charge in [-0.3, -0.25) is 9.59 Å². The largest absolute Gasteiger partial charge is 0.481 e. The fraction of sp³-hybridized carbons (Fsp3) is 0.800. The summed E-state index contributed by atoms with van der Waals surface area (Å²) in [6.45, 7) is 2.09. The molecule has 0 aromatic rings. The van der Waals surface area contributed by atoms with Crippen LogP contribution in [-0.4, -0.2) is 39.3 Å². The average Bonchev–Trinajstić information content (AvgIpc) is 2.82. The highest BCUT2D eigenvalue weighted by atomic mass is 16.4. The minimum Gasteiger partial charge on any atom is -0.481 e. The monoisotopic (exact) mass is 354 g/mol. The quantitative estimate of drug-likeness (QED) is 0.348. The van der Waals surface area contributed by atoms with E-state index in [1.54, 1.807) is 0 Å². The van der Waals surface area contributed by atoms with E-state index < -0.39 is 12.1 Å². The van der Waals surface area contributed by atoms with E-state index >= 15 is 0 Å². The fourth-order valence-electron chi connectivity index (χ4n) is 3.54. The highest BCUT2D eigenvalue weighted by Crippen LogP contribution is 2.34. The summed E-state index contributed by atoms with van der Waals surface area (Å²) in [6, 6.07) is 0. The molecule has 0 heterocycles. The van der Waals surface area contributed by atoms with E-state index in [4.69, 9.17) is 5.11 Å². The zero-order valence-electron chi connectivity index (χ0n) is 15.4. The second-order valence-electron chi connectivity index (χ2n) is 7.23. The number of hydrogen-bond acceptors (Lipinski definition) is 4. The topological polar surface area (TPSA) is 94.8 Å². The number of carboxylic acids is 1. The first-order valence-electron chi connectivity index (χ1n) is 9.73. The molecule has 0 amide bonds. The van der Waals surface area contributed by atoms with Crippen molar-refractivity contribution in [1.29, 1.82) is 0 Å². The smallest absolute Gasteiger partial charge is 0.303 e. The lowest BCUT2D eigenvalue weighted by molar-refractivity contribution is -0.137. The summed E-state index contributed by atoms with van der Waals surface area (Å²) in [5.74, 6) is -0.928. The van der Waals surface area contributed by atoms with Gasteiger partial charge in [-0.2, -0.15) is 0 Å². The molecule has 4 atom stereocenters. The van der Waals surface area contributed by atoms with Crippen LogP contribution in [-0.2, 0) is 9.59 Å². The van der Waals surface area contributed by atoms with E-state index in [-0.39, 0.29) is 36.6 Å². The molecule has 3 N–H and O–H groups in total. The minimum absolute atomic E-state index is 0.124. The second kappa shape index (κ2) is 12.2. The van der Waals surface area contributed by atoms with Crippen molar-refractivity contribution in [2.45, 2.75) is 89.8 Å². The van der Waals surface area contributed by atoms with Gasteiger partial charge in [0.05, 0.1) is 12.2 Å². The fourth-order valence-corrected chi connectivity index (χ4v) is 3.54. The van der Waals surface area contributed by atoms with E-state index in [9.17, 15) is 19.8 Å². The highest BCUT2D eigenvalue weighted by molar-refractivity contribution is 5.84. The molecule has 0 bridgehead atoms. The van der Waals surface area contributed by atoms with Crippen LogP contribution in [0.2, 0.25) is 0 Å². The van der Waals surface area contributed by atoms with E-state index in [0.29, 0.717) is 12.8 Å². The predicted octanol–water partition coefficient (Wildman–Crippen LogP) is 3.48. The lowest BCUT2D eigenvalue weighted by Crippen LogP contribution is -2.18. The van der Waals surface area contributed by atoms with E-state index in [1.807, 2.05) is 12.2 Å². The van der Waals surface area contributed by atoms with Gasteiger partial charge in [0.15, 0.2) is 0 Å². The Labute approximate surface area is 151 Å². The lowest BCUT2D eigenvalue weighted by Gasteiger charge is -2.17. The van der Waals surface area contributed by atoms with Gasteiger partial charge in [0.2, 0.25) is 0 Å². The van der Waals surface area contributed by atoms with Crippen molar-refractivity contribution in [3.63, 3.8) is 0 Å². The first-order valence-corrected chi connectivity index (χ1v) is 9.73. The molecule has 0 aliphatic heterocycles. The maximum atomic E-state index is 12.1. The Balaban J connectivity index is 2.37. The number of carboxylic acid groups (broad SMARTS) is 1. The molecule has 1 rings (SSSR count). The van der Waals surface area contributed by atoms with Crippen LogP contribution < -0.4 is 0 Å². The van der Waals surface area contributed by atoms with Gasteiger partial charge >= 0.3 is 5.97 Å². The second-order valence-corrected chi connectivity index (χ2v) is 7.23. The molecule has 1 saturated carbocycles. The summed E-state index contributed by atoms with van der Waals surface area (Å²) in [5.41, 5.74) is 0. The van der Waals surface area contributed by atoms with Crippen molar-refractivity contribution in [3.8, 4) is 0 Å². The molecule has 1 fully saturated rings. The number of aliphatic hydroxyl groups excluding tert-OH is 2. The van der Waals surface area contributed by atoms with Gasteiger partial charge in [-0.25, -0.2) is 0 Å². The zero-order valence-corrected chi connectivity index (χ0v) is 15.4. The highest BCUT2D eigenvalue weighted by Gasteiger charge is 2.39. The molecule has 0 radical (unpaired) electrons. The molecule has 5 heteroatoms. The number of Topliss-reactive ketones (excluding diaryl/α,β-unsaturated/α-hetero) is 1. The minimum atomic E-state index is -0.764. The number of hydrogen-bond donors (Lipinski definition) is 3. The Kier molecular flexibility index (Phi) is 10.7. The predicted molar refractivity (Wildman–Crippen MR) is 97.2 cm³/mol. The number of aliphatic carboxylic acids is 1. The molecule has 0 aromatic carbocycles. The molecule has 1 aliphatic carbocycles. The van der Waals surface area contributed by atoms with Crippen molar-refractivity contribution >= 4 is 11.8 Å². The summed E-state index contributed by atoms with van der Waals surface area (Å²) < 4.78 is 0. The van der Waals surface area contributed by atoms with Gasteiger partial charge in [-0.1, -0.05) is 51.2 Å². The molecule has 0 spiro atoms. The lowest BCUT2D eigenvalue weighted by atomic mass is 9.88. The molecular formula is C20H34O5. The Morgan fingerprint density at radius 1 is 1.24 bits per heavy atom. The molecular weight excluding hydrogens is 320 g/mol. The summed E-state index contributed by atoms with van der Waals surface area (Å²) >= 11 is 0. The third-order valence-corrected chi connectivity index (χ3v) is 5.05. The van der Waals surface area contributed by atoms with Gasteiger partial charge in [-0.05, 0) is 25.7 Å². The van der Waals surface area contributed by atoms with E-state index in [0.717, 1.165) is 44.9 Å². The van der Waals surface area contributed by atoms with E-state index in [1.165, 1.54) is 0 Å². The number of unbranched alkanes of at least 4 members (excludes halogenated alkanes) is 4. The Hall–Kier alpha value is -1.20. The van der Waals surface area contributed by atoms with Crippen LogP contribution in [0.4, 0.5) is 0 Å². The maximum Gasteiger partial charge on any atom is 0.303 e. The van der Waals surface area contributed by atoms with Crippen molar-refractivity contribution in [3.05, 3.63) is 12.2 Å². The van der Waals surface area contributed by atoms with Crippen molar-refractivity contribution < 1.29 is 24.9 Å². The number of carbonyl (C=O) groups is 2. The molecule has 0 saturated heterocycles. The zero-order chi connectivity index (χ0) is 18.7. The van der Waals surface area contributed by atoms with Gasteiger partial charge < -0.3 is 15.3 Å². The normalized spacial score (nSPS) is 24.9. The molecule has 25 heavy (non-hydrogen) atoms. The number of aliphatic hydroxyl groups is 2. The van der Waals surface area contributed by atoms with Crippen LogP contribution in [0.15, 0.2) is 12.2 Å².